The summed E-state index contributed by atoms with van der Waals surface area (Å²) in [4.78, 5) is 29.1. The molecular formula is C22H25N5O2. The van der Waals surface area contributed by atoms with Crippen LogP contribution in [0.5, 0.6) is 0 Å². The minimum Gasteiger partial charge on any atom is -0.449 e. The molecule has 2 atom stereocenters. The highest BCUT2D eigenvalue weighted by Gasteiger charge is 2.43. The first-order chi connectivity index (χ1) is 14.3. The fraction of sp³-hybridized carbons (Fsp3) is 0.409. The molecule has 150 valence electrons. The Bertz CT molecular complexity index is 989. The predicted octanol–water partition coefficient (Wildman–Crippen LogP) is 3.38. The highest BCUT2D eigenvalue weighted by molar-refractivity contribution is 5.87. The van der Waals surface area contributed by atoms with Gasteiger partial charge in [-0.3, -0.25) is 0 Å². The highest BCUT2D eigenvalue weighted by atomic mass is 16.6. The summed E-state index contributed by atoms with van der Waals surface area (Å²) in [6.07, 6.45) is 7.04. The topological polar surface area (TPSA) is 74.3 Å². The van der Waals surface area contributed by atoms with E-state index in [1.807, 2.05) is 35.4 Å². The number of likely N-dealkylation sites (tertiary alicyclic amines) is 1. The molecule has 0 saturated carbocycles. The molecule has 1 amide bonds. The van der Waals surface area contributed by atoms with Crippen molar-refractivity contribution >= 4 is 22.9 Å². The molecule has 7 nitrogen and oxygen atoms in total. The summed E-state index contributed by atoms with van der Waals surface area (Å²) in [5, 5.41) is 1.04. The summed E-state index contributed by atoms with van der Waals surface area (Å²) in [7, 11) is 0. The van der Waals surface area contributed by atoms with Gasteiger partial charge in [0.25, 0.3) is 0 Å². The number of ether oxygens (including phenoxy) is 1. The van der Waals surface area contributed by atoms with Crippen molar-refractivity contribution in [2.45, 2.75) is 37.8 Å². The van der Waals surface area contributed by atoms with Gasteiger partial charge in [-0.15, -0.1) is 0 Å². The number of nitrogens with one attached hydrogen (secondary N) is 1. The number of piperidine rings is 1. The SMILES string of the molecule is O=C(OCCc1ccccc1)N1CCC[C@@H]2C1CCN2c1ncnc2[nH]ccc12. The second-order valence-electron chi connectivity index (χ2n) is 7.74. The zero-order chi connectivity index (χ0) is 19.6. The molecule has 29 heavy (non-hydrogen) atoms. The Kier molecular flexibility index (Phi) is 4.79. The summed E-state index contributed by atoms with van der Waals surface area (Å²) >= 11 is 0. The van der Waals surface area contributed by atoms with Crippen molar-refractivity contribution in [3.63, 3.8) is 0 Å². The van der Waals surface area contributed by atoms with Crippen molar-refractivity contribution in [2.24, 2.45) is 0 Å². The smallest absolute Gasteiger partial charge is 0.410 e. The van der Waals surface area contributed by atoms with E-state index in [4.69, 9.17) is 4.74 Å². The maximum absolute atomic E-state index is 12.8. The van der Waals surface area contributed by atoms with Crippen molar-refractivity contribution in [3.8, 4) is 0 Å². The molecule has 0 spiro atoms. The third kappa shape index (κ3) is 3.41. The van der Waals surface area contributed by atoms with E-state index in [1.54, 1.807) is 6.33 Å². The molecule has 1 N–H and O–H groups in total. The van der Waals surface area contributed by atoms with Gasteiger partial charge in [0, 0.05) is 25.7 Å². The predicted molar refractivity (Wildman–Crippen MR) is 111 cm³/mol. The van der Waals surface area contributed by atoms with Crippen molar-refractivity contribution in [1.29, 1.82) is 0 Å². The van der Waals surface area contributed by atoms with Crippen LogP contribution in [-0.2, 0) is 11.2 Å². The molecule has 0 bridgehead atoms. The van der Waals surface area contributed by atoms with Gasteiger partial charge in [0.05, 0.1) is 24.1 Å². The quantitative estimate of drug-likeness (QED) is 0.738. The monoisotopic (exact) mass is 391 g/mol. The number of hydrogen-bond donors (Lipinski definition) is 1. The fourth-order valence-corrected chi connectivity index (χ4v) is 4.75. The first kappa shape index (κ1) is 18.0. The van der Waals surface area contributed by atoms with Gasteiger partial charge < -0.3 is 19.5 Å². The van der Waals surface area contributed by atoms with Gasteiger partial charge in [-0.2, -0.15) is 0 Å². The van der Waals surface area contributed by atoms with Gasteiger partial charge in [-0.1, -0.05) is 30.3 Å². The Labute approximate surface area is 169 Å². The molecule has 4 heterocycles. The molecular weight excluding hydrogens is 366 g/mol. The molecule has 2 saturated heterocycles. The van der Waals surface area contributed by atoms with Crippen LogP contribution in [0, 0.1) is 0 Å². The van der Waals surface area contributed by atoms with Crippen molar-refractivity contribution in [3.05, 3.63) is 54.5 Å². The average molecular weight is 391 g/mol. The summed E-state index contributed by atoms with van der Waals surface area (Å²) in [5.41, 5.74) is 2.04. The first-order valence-corrected chi connectivity index (χ1v) is 10.3. The average Bonchev–Trinajstić information content (AvgIpc) is 3.41. The molecule has 5 rings (SSSR count). The van der Waals surface area contributed by atoms with E-state index in [2.05, 4.69) is 32.0 Å². The van der Waals surface area contributed by atoms with E-state index < -0.39 is 0 Å². The van der Waals surface area contributed by atoms with Crippen LogP contribution in [0.25, 0.3) is 11.0 Å². The normalized spacial score (nSPS) is 21.4. The van der Waals surface area contributed by atoms with Crippen molar-refractivity contribution < 1.29 is 9.53 Å². The van der Waals surface area contributed by atoms with Crippen LogP contribution in [0.1, 0.15) is 24.8 Å². The van der Waals surface area contributed by atoms with Crippen LogP contribution in [0.3, 0.4) is 0 Å². The number of aromatic amines is 1. The Hall–Kier alpha value is -3.09. The number of carbonyl (C=O) groups is 1. The van der Waals surface area contributed by atoms with Crippen LogP contribution < -0.4 is 4.90 Å². The Morgan fingerprint density at radius 1 is 1.10 bits per heavy atom. The number of carbonyl (C=O) groups excluding carboxylic acids is 1. The third-order valence-electron chi connectivity index (χ3n) is 6.11. The lowest BCUT2D eigenvalue weighted by Crippen LogP contribution is -2.52. The number of benzene rings is 1. The standard InChI is InChI=1S/C22H25N5O2/c28-22(29-14-10-16-5-2-1-3-6-16)27-12-4-7-18-19(27)9-13-26(18)21-17-8-11-23-20(17)24-15-25-21/h1-3,5-6,8,11,15,18-19H,4,7,9-10,12-14H2,(H,23,24,25)/t18-,19?/m1/s1. The minimum absolute atomic E-state index is 0.178. The Morgan fingerprint density at radius 3 is 2.90 bits per heavy atom. The van der Waals surface area contributed by atoms with E-state index >= 15 is 0 Å². The van der Waals surface area contributed by atoms with Crippen molar-refractivity contribution in [1.82, 2.24) is 19.9 Å². The zero-order valence-electron chi connectivity index (χ0n) is 16.3. The number of amides is 1. The number of aromatic nitrogens is 3. The van der Waals surface area contributed by atoms with E-state index in [9.17, 15) is 4.79 Å². The van der Waals surface area contributed by atoms with Crippen LogP contribution in [0.4, 0.5) is 10.6 Å². The maximum atomic E-state index is 12.8. The van der Waals surface area contributed by atoms with Gasteiger partial charge in [-0.25, -0.2) is 14.8 Å². The lowest BCUT2D eigenvalue weighted by atomic mass is 9.97. The van der Waals surface area contributed by atoms with Gasteiger partial charge in [0.2, 0.25) is 0 Å². The largest absolute Gasteiger partial charge is 0.449 e. The molecule has 2 aliphatic heterocycles. The van der Waals surface area contributed by atoms with E-state index in [-0.39, 0.29) is 18.2 Å². The summed E-state index contributed by atoms with van der Waals surface area (Å²) in [6.45, 7) is 2.07. The minimum atomic E-state index is -0.188. The van der Waals surface area contributed by atoms with Gasteiger partial charge in [0.1, 0.15) is 17.8 Å². The summed E-state index contributed by atoms with van der Waals surface area (Å²) in [5.74, 6) is 0.961. The molecule has 2 aliphatic rings. The van der Waals surface area contributed by atoms with Crippen LogP contribution in [0.2, 0.25) is 0 Å². The van der Waals surface area contributed by atoms with Crippen LogP contribution >= 0.6 is 0 Å². The molecule has 3 aromatic rings. The van der Waals surface area contributed by atoms with Gasteiger partial charge >= 0.3 is 6.09 Å². The lowest BCUT2D eigenvalue weighted by molar-refractivity contribution is 0.0730. The second kappa shape index (κ2) is 7.73. The molecule has 2 fully saturated rings. The first-order valence-electron chi connectivity index (χ1n) is 10.3. The highest BCUT2D eigenvalue weighted by Crippen LogP contribution is 2.36. The number of rotatable bonds is 4. The number of nitrogens with zero attached hydrogens (tertiary/aromatic N) is 4. The number of anilines is 1. The molecule has 0 radical (unpaired) electrons. The van der Waals surface area contributed by atoms with Crippen LogP contribution in [0.15, 0.2) is 48.9 Å². The fourth-order valence-electron chi connectivity index (χ4n) is 4.75. The molecule has 0 aliphatic carbocycles. The maximum Gasteiger partial charge on any atom is 0.410 e. The molecule has 1 aromatic carbocycles. The molecule has 7 heteroatoms. The van der Waals surface area contributed by atoms with E-state index in [0.717, 1.165) is 55.6 Å². The number of H-pyrrole nitrogens is 1. The third-order valence-corrected chi connectivity index (χ3v) is 6.11. The van der Waals surface area contributed by atoms with E-state index in [1.165, 1.54) is 5.56 Å². The number of fused-ring (bicyclic) bond motifs is 2. The van der Waals surface area contributed by atoms with Crippen LogP contribution in [-0.4, -0.2) is 57.7 Å². The lowest BCUT2D eigenvalue weighted by Gasteiger charge is -2.39. The molecule has 1 unspecified atom stereocenters. The number of hydrogen-bond acceptors (Lipinski definition) is 5. The zero-order valence-corrected chi connectivity index (χ0v) is 16.3. The van der Waals surface area contributed by atoms with Crippen molar-refractivity contribution in [2.75, 3.05) is 24.6 Å². The second-order valence-corrected chi connectivity index (χ2v) is 7.74. The Morgan fingerprint density at radius 2 is 2.00 bits per heavy atom. The summed E-state index contributed by atoms with van der Waals surface area (Å²) < 4.78 is 5.63. The summed E-state index contributed by atoms with van der Waals surface area (Å²) in [6, 6.07) is 12.6. The molecule has 2 aromatic heterocycles. The van der Waals surface area contributed by atoms with Gasteiger partial charge in [0.15, 0.2) is 0 Å². The van der Waals surface area contributed by atoms with Gasteiger partial charge in [-0.05, 0) is 30.9 Å². The Balaban J connectivity index is 1.27. The van der Waals surface area contributed by atoms with E-state index in [0.29, 0.717) is 6.61 Å².